The molecule has 1 saturated carbocycles. The number of nitrogens with one attached hydrogen (secondary N) is 1. The quantitative estimate of drug-likeness (QED) is 0.785. The lowest BCUT2D eigenvalue weighted by atomic mass is 10.1. The van der Waals surface area contributed by atoms with Gasteiger partial charge in [-0.25, -0.2) is 4.98 Å². The van der Waals surface area contributed by atoms with E-state index in [9.17, 15) is 0 Å². The van der Waals surface area contributed by atoms with Gasteiger partial charge in [-0.2, -0.15) is 0 Å². The van der Waals surface area contributed by atoms with Gasteiger partial charge in [-0.1, -0.05) is 0 Å². The van der Waals surface area contributed by atoms with Crippen LogP contribution < -0.4 is 5.32 Å². The molecule has 2 N–H and O–H groups in total. The summed E-state index contributed by atoms with van der Waals surface area (Å²) in [6.07, 6.45) is 6.65. The molecule has 1 aliphatic rings. The number of aliphatic hydroxyl groups excluding tert-OH is 1. The number of aromatic nitrogens is 2. The third kappa shape index (κ3) is 2.45. The van der Waals surface area contributed by atoms with Crippen molar-refractivity contribution >= 4 is 5.82 Å². The smallest absolute Gasteiger partial charge is 0.147 e. The van der Waals surface area contributed by atoms with Crippen LogP contribution >= 0.6 is 0 Å². The molecule has 0 aromatic carbocycles. The van der Waals surface area contributed by atoms with Crippen molar-refractivity contribution in [2.24, 2.45) is 5.92 Å². The third-order valence-electron chi connectivity index (χ3n) is 3.02. The molecule has 0 unspecified atom stereocenters. The summed E-state index contributed by atoms with van der Waals surface area (Å²) in [4.78, 5) is 8.44. The van der Waals surface area contributed by atoms with Gasteiger partial charge in [-0.3, -0.25) is 4.98 Å². The number of aryl methyl sites for hydroxylation is 1. The van der Waals surface area contributed by atoms with Crippen LogP contribution in [0.5, 0.6) is 0 Å². The fourth-order valence-corrected chi connectivity index (χ4v) is 2.11. The van der Waals surface area contributed by atoms with Crippen LogP contribution in [0.1, 0.15) is 25.0 Å². The van der Waals surface area contributed by atoms with E-state index in [0.29, 0.717) is 18.6 Å². The fraction of sp³-hybridized carbons (Fsp3) is 0.636. The molecule has 2 rings (SSSR count). The Hall–Kier alpha value is -1.16. The van der Waals surface area contributed by atoms with E-state index in [1.807, 2.05) is 6.92 Å². The molecule has 0 bridgehead atoms. The van der Waals surface area contributed by atoms with Crippen LogP contribution in [0.25, 0.3) is 0 Å². The Morgan fingerprint density at radius 2 is 2.20 bits per heavy atom. The van der Waals surface area contributed by atoms with Gasteiger partial charge in [-0.15, -0.1) is 0 Å². The minimum Gasteiger partial charge on any atom is -0.396 e. The van der Waals surface area contributed by atoms with Crippen molar-refractivity contribution in [2.45, 2.75) is 32.2 Å². The summed E-state index contributed by atoms with van der Waals surface area (Å²) in [5, 5.41) is 12.4. The van der Waals surface area contributed by atoms with Gasteiger partial charge in [0.25, 0.3) is 0 Å². The Kier molecular flexibility index (Phi) is 3.16. The van der Waals surface area contributed by atoms with Crippen molar-refractivity contribution in [3.63, 3.8) is 0 Å². The highest BCUT2D eigenvalue weighted by Crippen LogP contribution is 2.27. The zero-order chi connectivity index (χ0) is 10.7. The minimum absolute atomic E-state index is 0.303. The predicted molar refractivity (Wildman–Crippen MR) is 58.6 cm³/mol. The van der Waals surface area contributed by atoms with Gasteiger partial charge in [0.15, 0.2) is 0 Å². The Labute approximate surface area is 89.8 Å². The van der Waals surface area contributed by atoms with E-state index >= 15 is 0 Å². The third-order valence-corrected chi connectivity index (χ3v) is 3.02. The van der Waals surface area contributed by atoms with E-state index in [1.165, 1.54) is 0 Å². The first-order chi connectivity index (χ1) is 7.29. The van der Waals surface area contributed by atoms with Crippen LogP contribution in [-0.4, -0.2) is 27.7 Å². The molecule has 0 amide bonds. The molecule has 4 nitrogen and oxygen atoms in total. The molecule has 0 radical (unpaired) electrons. The number of nitrogens with zero attached hydrogens (tertiary/aromatic N) is 2. The number of anilines is 1. The van der Waals surface area contributed by atoms with E-state index in [2.05, 4.69) is 15.3 Å². The first-order valence-corrected chi connectivity index (χ1v) is 5.44. The molecule has 4 heteroatoms. The van der Waals surface area contributed by atoms with Crippen molar-refractivity contribution in [2.75, 3.05) is 11.9 Å². The van der Waals surface area contributed by atoms with E-state index in [1.54, 1.807) is 12.4 Å². The molecular formula is C11H17N3O. The Morgan fingerprint density at radius 3 is 2.87 bits per heavy atom. The molecule has 82 valence electrons. The van der Waals surface area contributed by atoms with Crippen LogP contribution in [0.3, 0.4) is 0 Å². The van der Waals surface area contributed by atoms with Gasteiger partial charge < -0.3 is 10.4 Å². The molecule has 0 saturated heterocycles. The second-order valence-corrected chi connectivity index (χ2v) is 4.19. The van der Waals surface area contributed by atoms with E-state index < -0.39 is 0 Å². The summed E-state index contributed by atoms with van der Waals surface area (Å²) in [6, 6.07) is 0.442. The van der Waals surface area contributed by atoms with Gasteiger partial charge in [0, 0.05) is 25.0 Å². The van der Waals surface area contributed by atoms with Crippen LogP contribution in [0.2, 0.25) is 0 Å². The van der Waals surface area contributed by atoms with Crippen LogP contribution in [-0.2, 0) is 0 Å². The molecule has 0 aliphatic heterocycles. The van der Waals surface area contributed by atoms with Gasteiger partial charge in [0.1, 0.15) is 5.82 Å². The molecule has 1 fully saturated rings. The maximum Gasteiger partial charge on any atom is 0.147 e. The average Bonchev–Trinajstić information content (AvgIpc) is 2.69. The van der Waals surface area contributed by atoms with Crippen LogP contribution in [0, 0.1) is 12.8 Å². The number of rotatable bonds is 3. The van der Waals surface area contributed by atoms with Crippen molar-refractivity contribution in [1.82, 2.24) is 9.97 Å². The zero-order valence-corrected chi connectivity index (χ0v) is 8.98. The average molecular weight is 207 g/mol. The molecule has 1 aromatic rings. The zero-order valence-electron chi connectivity index (χ0n) is 8.98. The molecular weight excluding hydrogens is 190 g/mol. The summed E-state index contributed by atoms with van der Waals surface area (Å²) in [5.41, 5.74) is 0.935. The van der Waals surface area contributed by atoms with E-state index in [0.717, 1.165) is 30.8 Å². The number of aliphatic hydroxyl groups is 1. The maximum absolute atomic E-state index is 9.05. The van der Waals surface area contributed by atoms with Crippen molar-refractivity contribution in [3.8, 4) is 0 Å². The molecule has 15 heavy (non-hydrogen) atoms. The maximum atomic E-state index is 9.05. The Morgan fingerprint density at radius 1 is 1.40 bits per heavy atom. The second kappa shape index (κ2) is 4.57. The fourth-order valence-electron chi connectivity index (χ4n) is 2.11. The summed E-state index contributed by atoms with van der Waals surface area (Å²) >= 11 is 0. The lowest BCUT2D eigenvalue weighted by molar-refractivity contribution is 0.229. The summed E-state index contributed by atoms with van der Waals surface area (Å²) in [6.45, 7) is 2.26. The molecule has 1 aliphatic carbocycles. The van der Waals surface area contributed by atoms with Crippen LogP contribution in [0.15, 0.2) is 12.4 Å². The predicted octanol–water partition coefficient (Wildman–Crippen LogP) is 1.36. The summed E-state index contributed by atoms with van der Waals surface area (Å²) in [5.74, 6) is 1.33. The SMILES string of the molecule is Cc1nccnc1N[C@H]1CC[C@@H](CO)C1. The van der Waals surface area contributed by atoms with Crippen molar-refractivity contribution in [1.29, 1.82) is 0 Å². The highest BCUT2D eigenvalue weighted by Gasteiger charge is 2.24. The largest absolute Gasteiger partial charge is 0.396 e. The van der Waals surface area contributed by atoms with Gasteiger partial charge in [0.2, 0.25) is 0 Å². The first kappa shape index (κ1) is 10.4. The summed E-state index contributed by atoms with van der Waals surface area (Å²) < 4.78 is 0. The standard InChI is InChI=1S/C11H17N3O/c1-8-11(13-5-4-12-8)14-10-3-2-9(6-10)7-15/h4-5,9-10,15H,2-3,6-7H2,1H3,(H,13,14)/t9-,10+/m1/s1. The van der Waals surface area contributed by atoms with Crippen molar-refractivity contribution in [3.05, 3.63) is 18.1 Å². The highest BCUT2D eigenvalue weighted by molar-refractivity contribution is 5.39. The van der Waals surface area contributed by atoms with Crippen molar-refractivity contribution < 1.29 is 5.11 Å². The summed E-state index contributed by atoms with van der Waals surface area (Å²) in [7, 11) is 0. The lowest BCUT2D eigenvalue weighted by Gasteiger charge is -2.14. The van der Waals surface area contributed by atoms with E-state index in [4.69, 9.17) is 5.11 Å². The van der Waals surface area contributed by atoms with Gasteiger partial charge in [0.05, 0.1) is 5.69 Å². The highest BCUT2D eigenvalue weighted by atomic mass is 16.3. The molecule has 0 spiro atoms. The number of hydrogen-bond donors (Lipinski definition) is 2. The second-order valence-electron chi connectivity index (χ2n) is 4.19. The monoisotopic (exact) mass is 207 g/mol. The number of hydrogen-bond acceptors (Lipinski definition) is 4. The Bertz CT molecular complexity index is 329. The molecule has 2 atom stereocenters. The van der Waals surface area contributed by atoms with Gasteiger partial charge in [-0.05, 0) is 32.1 Å². The topological polar surface area (TPSA) is 58.0 Å². The molecule has 1 aromatic heterocycles. The Balaban J connectivity index is 1.96. The minimum atomic E-state index is 0.303. The van der Waals surface area contributed by atoms with E-state index in [-0.39, 0.29) is 0 Å². The molecule has 1 heterocycles. The van der Waals surface area contributed by atoms with Crippen LogP contribution in [0.4, 0.5) is 5.82 Å². The normalized spacial score (nSPS) is 25.5. The first-order valence-electron chi connectivity index (χ1n) is 5.44. The lowest BCUT2D eigenvalue weighted by Crippen LogP contribution is -2.18. The van der Waals surface area contributed by atoms with Gasteiger partial charge >= 0.3 is 0 Å².